The molecular weight excluding hydrogens is 215 g/mol. The molecule has 0 saturated carbocycles. The van der Waals surface area contributed by atoms with Gasteiger partial charge in [0, 0.05) is 6.04 Å². The van der Waals surface area contributed by atoms with Crippen molar-refractivity contribution in [2.24, 2.45) is 11.8 Å². The van der Waals surface area contributed by atoms with Crippen molar-refractivity contribution in [1.82, 2.24) is 5.43 Å². The quantitative estimate of drug-likeness (QED) is 0.588. The molecule has 1 aromatic carbocycles. The summed E-state index contributed by atoms with van der Waals surface area (Å²) in [5, 5.41) is 0. The Morgan fingerprint density at radius 1 is 1.41 bits per heavy atom. The first-order valence-electron chi connectivity index (χ1n) is 6.30. The van der Waals surface area contributed by atoms with Crippen LogP contribution < -0.4 is 11.3 Å². The summed E-state index contributed by atoms with van der Waals surface area (Å²) < 4.78 is 13.0. The van der Waals surface area contributed by atoms with Crippen LogP contribution in [0.4, 0.5) is 4.39 Å². The lowest BCUT2D eigenvalue weighted by Gasteiger charge is -2.22. The van der Waals surface area contributed by atoms with Crippen molar-refractivity contribution in [2.75, 3.05) is 0 Å². The molecule has 0 saturated heterocycles. The van der Waals surface area contributed by atoms with Crippen LogP contribution >= 0.6 is 0 Å². The number of nitrogens with two attached hydrogens (primary N) is 1. The van der Waals surface area contributed by atoms with Gasteiger partial charge in [-0.05, 0) is 42.5 Å². The minimum absolute atomic E-state index is 0.108. The Morgan fingerprint density at radius 2 is 2.12 bits per heavy atom. The van der Waals surface area contributed by atoms with Crippen LogP contribution in [0, 0.1) is 18.7 Å². The van der Waals surface area contributed by atoms with Crippen molar-refractivity contribution in [3.8, 4) is 0 Å². The molecule has 0 aliphatic carbocycles. The van der Waals surface area contributed by atoms with Gasteiger partial charge in [-0.3, -0.25) is 11.3 Å². The maximum atomic E-state index is 13.0. The summed E-state index contributed by atoms with van der Waals surface area (Å²) in [6, 6.07) is 4.99. The third-order valence-corrected chi connectivity index (χ3v) is 3.23. The Labute approximate surface area is 103 Å². The standard InChI is InChI=1S/C14H23FN2/c1-4-5-10(2)8-14(17-16)13-7-6-12(15)9-11(13)3/h6-7,9-10,14,17H,4-5,8,16H2,1-3H3. The average molecular weight is 238 g/mol. The Hall–Kier alpha value is -0.930. The second kappa shape index (κ2) is 6.72. The predicted octanol–water partition coefficient (Wildman–Crippen LogP) is 3.46. The molecule has 1 aromatic rings. The summed E-state index contributed by atoms with van der Waals surface area (Å²) in [7, 11) is 0. The molecule has 96 valence electrons. The van der Waals surface area contributed by atoms with E-state index in [2.05, 4.69) is 19.3 Å². The summed E-state index contributed by atoms with van der Waals surface area (Å²) >= 11 is 0. The van der Waals surface area contributed by atoms with Gasteiger partial charge in [0.25, 0.3) is 0 Å². The summed E-state index contributed by atoms with van der Waals surface area (Å²) in [5.74, 6) is 6.04. The highest BCUT2D eigenvalue weighted by Crippen LogP contribution is 2.26. The molecule has 0 aliphatic heterocycles. The number of hydrogen-bond donors (Lipinski definition) is 2. The molecule has 0 radical (unpaired) electrons. The molecule has 2 nitrogen and oxygen atoms in total. The van der Waals surface area contributed by atoms with Crippen molar-refractivity contribution >= 4 is 0 Å². The lowest BCUT2D eigenvalue weighted by molar-refractivity contribution is 0.393. The van der Waals surface area contributed by atoms with Crippen molar-refractivity contribution in [2.45, 2.75) is 46.1 Å². The third kappa shape index (κ3) is 4.10. The van der Waals surface area contributed by atoms with E-state index in [-0.39, 0.29) is 11.9 Å². The molecular formula is C14H23FN2. The van der Waals surface area contributed by atoms with E-state index >= 15 is 0 Å². The molecule has 0 heterocycles. The van der Waals surface area contributed by atoms with Crippen LogP contribution in [0.1, 0.15) is 50.3 Å². The predicted molar refractivity (Wildman–Crippen MR) is 69.9 cm³/mol. The van der Waals surface area contributed by atoms with Crippen molar-refractivity contribution < 1.29 is 4.39 Å². The highest BCUT2D eigenvalue weighted by atomic mass is 19.1. The lowest BCUT2D eigenvalue weighted by atomic mass is 9.91. The highest BCUT2D eigenvalue weighted by Gasteiger charge is 2.15. The maximum Gasteiger partial charge on any atom is 0.123 e. The Balaban J connectivity index is 2.79. The smallest absolute Gasteiger partial charge is 0.123 e. The maximum absolute atomic E-state index is 13.0. The second-order valence-corrected chi connectivity index (χ2v) is 4.85. The van der Waals surface area contributed by atoms with Gasteiger partial charge in [0.2, 0.25) is 0 Å². The third-order valence-electron chi connectivity index (χ3n) is 3.23. The fraction of sp³-hybridized carbons (Fsp3) is 0.571. The summed E-state index contributed by atoms with van der Waals surface area (Å²) in [6.45, 7) is 6.34. The lowest BCUT2D eigenvalue weighted by Crippen LogP contribution is -2.30. The molecule has 0 aromatic heterocycles. The summed E-state index contributed by atoms with van der Waals surface area (Å²) in [4.78, 5) is 0. The van der Waals surface area contributed by atoms with Gasteiger partial charge in [-0.2, -0.15) is 0 Å². The SMILES string of the molecule is CCCC(C)CC(NN)c1ccc(F)cc1C. The van der Waals surface area contributed by atoms with Crippen LogP contribution in [-0.4, -0.2) is 0 Å². The first-order chi connectivity index (χ1) is 8.08. The summed E-state index contributed by atoms with van der Waals surface area (Å²) in [6.07, 6.45) is 3.36. The van der Waals surface area contributed by atoms with E-state index in [0.717, 1.165) is 17.5 Å². The number of benzene rings is 1. The van der Waals surface area contributed by atoms with E-state index in [1.165, 1.54) is 18.9 Å². The van der Waals surface area contributed by atoms with Crippen molar-refractivity contribution in [3.05, 3.63) is 35.1 Å². The second-order valence-electron chi connectivity index (χ2n) is 4.85. The van der Waals surface area contributed by atoms with Crippen LogP contribution in [0.5, 0.6) is 0 Å². The zero-order chi connectivity index (χ0) is 12.8. The van der Waals surface area contributed by atoms with Crippen LogP contribution in [-0.2, 0) is 0 Å². The molecule has 17 heavy (non-hydrogen) atoms. The van der Waals surface area contributed by atoms with E-state index in [4.69, 9.17) is 5.84 Å². The van der Waals surface area contributed by atoms with Gasteiger partial charge in [-0.25, -0.2) is 4.39 Å². The summed E-state index contributed by atoms with van der Waals surface area (Å²) in [5.41, 5.74) is 4.90. The van der Waals surface area contributed by atoms with Crippen LogP contribution in [0.3, 0.4) is 0 Å². The minimum Gasteiger partial charge on any atom is -0.271 e. The van der Waals surface area contributed by atoms with Gasteiger partial charge < -0.3 is 0 Å². The average Bonchev–Trinajstić information content (AvgIpc) is 2.27. The van der Waals surface area contributed by atoms with Crippen molar-refractivity contribution in [3.63, 3.8) is 0 Å². The van der Waals surface area contributed by atoms with E-state index < -0.39 is 0 Å². The van der Waals surface area contributed by atoms with Gasteiger partial charge in [0.05, 0.1) is 0 Å². The number of halogens is 1. The molecule has 0 fully saturated rings. The first kappa shape index (κ1) is 14.1. The molecule has 3 heteroatoms. The molecule has 1 rings (SSSR count). The zero-order valence-electron chi connectivity index (χ0n) is 11.0. The van der Waals surface area contributed by atoms with Gasteiger partial charge >= 0.3 is 0 Å². The largest absolute Gasteiger partial charge is 0.271 e. The fourth-order valence-electron chi connectivity index (χ4n) is 2.33. The van der Waals surface area contributed by atoms with E-state index in [1.54, 1.807) is 6.07 Å². The molecule has 2 atom stereocenters. The normalized spacial score (nSPS) is 14.6. The first-order valence-corrected chi connectivity index (χ1v) is 6.30. The fourth-order valence-corrected chi connectivity index (χ4v) is 2.33. The molecule has 0 spiro atoms. The molecule has 2 unspecified atom stereocenters. The van der Waals surface area contributed by atoms with E-state index in [1.807, 2.05) is 13.0 Å². The van der Waals surface area contributed by atoms with Gasteiger partial charge in [-0.1, -0.05) is 32.8 Å². The Morgan fingerprint density at radius 3 is 2.65 bits per heavy atom. The molecule has 0 bridgehead atoms. The monoisotopic (exact) mass is 238 g/mol. The number of aryl methyl sites for hydroxylation is 1. The topological polar surface area (TPSA) is 38.0 Å². The number of hydrogen-bond acceptors (Lipinski definition) is 2. The zero-order valence-corrected chi connectivity index (χ0v) is 11.0. The van der Waals surface area contributed by atoms with Gasteiger partial charge in [0.15, 0.2) is 0 Å². The van der Waals surface area contributed by atoms with Crippen LogP contribution in [0.25, 0.3) is 0 Å². The molecule has 0 amide bonds. The minimum atomic E-state index is -0.191. The number of rotatable bonds is 6. The number of nitrogens with one attached hydrogen (secondary N) is 1. The van der Waals surface area contributed by atoms with Crippen molar-refractivity contribution in [1.29, 1.82) is 0 Å². The Kier molecular flexibility index (Phi) is 5.59. The van der Waals surface area contributed by atoms with Crippen LogP contribution in [0.2, 0.25) is 0 Å². The van der Waals surface area contributed by atoms with E-state index in [0.29, 0.717) is 5.92 Å². The van der Waals surface area contributed by atoms with E-state index in [9.17, 15) is 4.39 Å². The van der Waals surface area contributed by atoms with Gasteiger partial charge in [0.1, 0.15) is 5.82 Å². The number of hydrazine groups is 1. The van der Waals surface area contributed by atoms with Crippen LogP contribution in [0.15, 0.2) is 18.2 Å². The highest BCUT2D eigenvalue weighted by molar-refractivity contribution is 5.29. The van der Waals surface area contributed by atoms with Gasteiger partial charge in [-0.15, -0.1) is 0 Å². The molecule has 3 N–H and O–H groups in total. The Bertz CT molecular complexity index is 352. The molecule has 0 aliphatic rings.